The van der Waals surface area contributed by atoms with Crippen molar-refractivity contribution in [1.29, 1.82) is 0 Å². The van der Waals surface area contributed by atoms with E-state index < -0.39 is 17.9 Å². The fraction of sp³-hybridized carbons (Fsp3) is 0.222. The van der Waals surface area contributed by atoms with Crippen molar-refractivity contribution in [3.05, 3.63) is 65.7 Å². The molecule has 0 aliphatic carbocycles. The molecule has 2 aromatic rings. The van der Waals surface area contributed by atoms with Gasteiger partial charge in [0.15, 0.2) is 0 Å². The van der Waals surface area contributed by atoms with Crippen LogP contribution in [0.25, 0.3) is 0 Å². The Hall–Kier alpha value is -3.22. The Bertz CT molecular complexity index is 760. The van der Waals surface area contributed by atoms with E-state index in [-0.39, 0.29) is 12.0 Å². The number of rotatable bonds is 7. The molecule has 0 fully saturated rings. The number of hydrogen-bond acceptors (Lipinski definition) is 4. The second-order valence-electron chi connectivity index (χ2n) is 5.61. The van der Waals surface area contributed by atoms with Crippen LogP contribution in [0.5, 0.6) is 0 Å². The van der Waals surface area contributed by atoms with Crippen LogP contribution in [0.2, 0.25) is 0 Å². The molecule has 0 unspecified atom stereocenters. The first-order valence-corrected chi connectivity index (χ1v) is 7.73. The van der Waals surface area contributed by atoms with Gasteiger partial charge >= 0.3 is 5.97 Å². The van der Waals surface area contributed by atoms with Crippen molar-refractivity contribution < 1.29 is 14.7 Å². The Labute approximate surface area is 146 Å². The summed E-state index contributed by atoms with van der Waals surface area (Å²) in [5.41, 5.74) is 1.47. The standard InChI is InChI=1S/C18H20N4O3/c1-22(2)21-20-15-11-7-6-10-14(15)17(23)19-16(18(24)25)12-13-8-4-3-5-9-13/h3-11,16H,12H2,1-2H3,(H,19,23)(H,24,25)/t16-/m0/s1. The summed E-state index contributed by atoms with van der Waals surface area (Å²) in [6.45, 7) is 0. The first kappa shape index (κ1) is 18.1. The summed E-state index contributed by atoms with van der Waals surface area (Å²) in [5, 5.41) is 21.4. The van der Waals surface area contributed by atoms with Gasteiger partial charge in [-0.2, -0.15) is 0 Å². The molecule has 2 aromatic carbocycles. The van der Waals surface area contributed by atoms with Crippen molar-refractivity contribution in [3.8, 4) is 0 Å². The number of carboxylic acid groups (broad SMARTS) is 1. The summed E-state index contributed by atoms with van der Waals surface area (Å²) in [4.78, 5) is 24.0. The molecule has 0 aromatic heterocycles. The highest BCUT2D eigenvalue weighted by atomic mass is 16.4. The van der Waals surface area contributed by atoms with E-state index in [0.29, 0.717) is 5.69 Å². The minimum Gasteiger partial charge on any atom is -0.480 e. The lowest BCUT2D eigenvalue weighted by Gasteiger charge is -2.15. The summed E-state index contributed by atoms with van der Waals surface area (Å²) < 4.78 is 0. The van der Waals surface area contributed by atoms with Gasteiger partial charge in [0.1, 0.15) is 11.7 Å². The van der Waals surface area contributed by atoms with Crippen LogP contribution >= 0.6 is 0 Å². The highest BCUT2D eigenvalue weighted by Crippen LogP contribution is 2.19. The van der Waals surface area contributed by atoms with Gasteiger partial charge in [0.25, 0.3) is 5.91 Å². The Morgan fingerprint density at radius 2 is 1.72 bits per heavy atom. The van der Waals surface area contributed by atoms with Crippen molar-refractivity contribution in [2.24, 2.45) is 10.3 Å². The Morgan fingerprint density at radius 3 is 2.36 bits per heavy atom. The third-order valence-electron chi connectivity index (χ3n) is 3.37. The lowest BCUT2D eigenvalue weighted by Crippen LogP contribution is -2.42. The van der Waals surface area contributed by atoms with E-state index in [9.17, 15) is 14.7 Å². The molecule has 0 aliphatic heterocycles. The van der Waals surface area contributed by atoms with E-state index in [0.717, 1.165) is 5.56 Å². The van der Waals surface area contributed by atoms with Gasteiger partial charge in [0.2, 0.25) is 0 Å². The van der Waals surface area contributed by atoms with Crippen molar-refractivity contribution in [3.63, 3.8) is 0 Å². The quantitative estimate of drug-likeness (QED) is 0.598. The number of aliphatic carboxylic acids is 1. The van der Waals surface area contributed by atoms with Crippen LogP contribution in [0, 0.1) is 0 Å². The first-order chi connectivity index (χ1) is 12.0. The van der Waals surface area contributed by atoms with Crippen molar-refractivity contribution in [1.82, 2.24) is 10.3 Å². The van der Waals surface area contributed by atoms with Gasteiger partial charge in [0.05, 0.1) is 5.56 Å². The summed E-state index contributed by atoms with van der Waals surface area (Å²) in [6.07, 6.45) is 0.198. The molecule has 0 aliphatic rings. The molecule has 7 heteroatoms. The number of nitrogens with one attached hydrogen (secondary N) is 1. The summed E-state index contributed by atoms with van der Waals surface area (Å²) in [7, 11) is 3.43. The molecule has 7 nitrogen and oxygen atoms in total. The van der Waals surface area contributed by atoms with Crippen molar-refractivity contribution in [2.75, 3.05) is 14.1 Å². The van der Waals surface area contributed by atoms with Crippen LogP contribution < -0.4 is 5.32 Å². The molecule has 2 N–H and O–H groups in total. The molecule has 0 spiro atoms. The largest absolute Gasteiger partial charge is 0.480 e. The number of carbonyl (C=O) groups excluding carboxylic acids is 1. The number of nitrogens with zero attached hydrogens (tertiary/aromatic N) is 3. The Balaban J connectivity index is 2.17. The summed E-state index contributed by atoms with van der Waals surface area (Å²) in [6, 6.07) is 14.8. The highest BCUT2D eigenvalue weighted by Gasteiger charge is 2.22. The molecule has 0 bridgehead atoms. The van der Waals surface area contributed by atoms with E-state index >= 15 is 0 Å². The van der Waals surface area contributed by atoms with Crippen LogP contribution in [-0.4, -0.2) is 42.1 Å². The molecule has 130 valence electrons. The summed E-state index contributed by atoms with van der Waals surface area (Å²) in [5.74, 6) is -1.60. The van der Waals surface area contributed by atoms with Gasteiger partial charge in [-0.15, -0.1) is 5.11 Å². The molecule has 1 amide bonds. The smallest absolute Gasteiger partial charge is 0.326 e. The maximum absolute atomic E-state index is 12.5. The molecule has 25 heavy (non-hydrogen) atoms. The van der Waals surface area contributed by atoms with Crippen LogP contribution in [0.15, 0.2) is 64.9 Å². The van der Waals surface area contributed by atoms with Gasteiger partial charge in [-0.1, -0.05) is 47.7 Å². The van der Waals surface area contributed by atoms with E-state index in [1.165, 1.54) is 5.01 Å². The van der Waals surface area contributed by atoms with Gasteiger partial charge in [-0.3, -0.25) is 9.80 Å². The van der Waals surface area contributed by atoms with E-state index in [4.69, 9.17) is 0 Å². The predicted molar refractivity (Wildman–Crippen MR) is 93.7 cm³/mol. The zero-order chi connectivity index (χ0) is 18.2. The predicted octanol–water partition coefficient (Wildman–Crippen LogP) is 2.67. The Morgan fingerprint density at radius 1 is 1.08 bits per heavy atom. The highest BCUT2D eigenvalue weighted by molar-refractivity contribution is 6.00. The zero-order valence-electron chi connectivity index (χ0n) is 14.1. The number of carboxylic acids is 1. The van der Waals surface area contributed by atoms with Crippen molar-refractivity contribution in [2.45, 2.75) is 12.5 Å². The van der Waals surface area contributed by atoms with E-state index in [1.807, 2.05) is 30.3 Å². The average Bonchev–Trinajstić information content (AvgIpc) is 2.60. The fourth-order valence-electron chi connectivity index (χ4n) is 2.18. The molecule has 0 saturated carbocycles. The second kappa shape index (κ2) is 8.58. The lowest BCUT2D eigenvalue weighted by molar-refractivity contribution is -0.139. The maximum Gasteiger partial charge on any atom is 0.326 e. The van der Waals surface area contributed by atoms with Gasteiger partial charge in [-0.25, -0.2) is 4.79 Å². The van der Waals surface area contributed by atoms with Gasteiger partial charge in [0, 0.05) is 20.5 Å². The lowest BCUT2D eigenvalue weighted by atomic mass is 10.1. The normalized spacial score (nSPS) is 11.9. The van der Waals surface area contributed by atoms with Gasteiger partial charge < -0.3 is 10.4 Å². The average molecular weight is 340 g/mol. The zero-order valence-corrected chi connectivity index (χ0v) is 14.1. The first-order valence-electron chi connectivity index (χ1n) is 7.73. The number of benzene rings is 2. The fourth-order valence-corrected chi connectivity index (χ4v) is 2.18. The molecule has 0 heterocycles. The molecule has 1 atom stereocenters. The third-order valence-corrected chi connectivity index (χ3v) is 3.37. The third kappa shape index (κ3) is 5.42. The topological polar surface area (TPSA) is 94.4 Å². The molecule has 2 rings (SSSR count). The van der Waals surface area contributed by atoms with Crippen LogP contribution in [-0.2, 0) is 11.2 Å². The van der Waals surface area contributed by atoms with Crippen LogP contribution in [0.3, 0.4) is 0 Å². The van der Waals surface area contributed by atoms with Crippen LogP contribution in [0.1, 0.15) is 15.9 Å². The number of amides is 1. The second-order valence-corrected chi connectivity index (χ2v) is 5.61. The van der Waals surface area contributed by atoms with Crippen molar-refractivity contribution >= 4 is 17.6 Å². The summed E-state index contributed by atoms with van der Waals surface area (Å²) >= 11 is 0. The molecule has 0 saturated heterocycles. The minimum absolute atomic E-state index is 0.198. The molecule has 0 radical (unpaired) electrons. The molecular weight excluding hydrogens is 320 g/mol. The van der Waals surface area contributed by atoms with E-state index in [1.54, 1.807) is 38.4 Å². The molecular formula is C18H20N4O3. The van der Waals surface area contributed by atoms with Gasteiger partial charge in [-0.05, 0) is 17.7 Å². The number of hydrogen-bond donors (Lipinski definition) is 2. The minimum atomic E-state index is -1.09. The Kier molecular flexibility index (Phi) is 6.22. The number of carbonyl (C=O) groups is 2. The SMILES string of the molecule is CN(C)N=Nc1ccccc1C(=O)N[C@@H](Cc1ccccc1)C(=O)O. The van der Waals surface area contributed by atoms with E-state index in [2.05, 4.69) is 15.7 Å². The van der Waals surface area contributed by atoms with Crippen LogP contribution in [0.4, 0.5) is 5.69 Å². The monoisotopic (exact) mass is 340 g/mol. The maximum atomic E-state index is 12.5.